The standard InChI is InChI=1S/C19H32N4O/c1-4-20-19(23-13-11-18(24)15-23)21-12-10-16(2)22(3)14-17-8-6-5-7-9-17/h5-9,16,18,24H,4,10-15H2,1-3H3,(H,20,21)/t16?,18-/m1/s1. The van der Waals surface area contributed by atoms with Crippen LogP contribution in [0.3, 0.4) is 0 Å². The molecule has 1 saturated heterocycles. The number of likely N-dealkylation sites (tertiary alicyclic amines) is 1. The quantitative estimate of drug-likeness (QED) is 0.592. The van der Waals surface area contributed by atoms with Gasteiger partial charge in [-0.25, -0.2) is 0 Å². The van der Waals surface area contributed by atoms with Gasteiger partial charge in [-0.15, -0.1) is 0 Å². The Morgan fingerprint density at radius 2 is 2.17 bits per heavy atom. The molecule has 134 valence electrons. The number of benzene rings is 1. The number of rotatable bonds is 7. The van der Waals surface area contributed by atoms with Crippen LogP contribution in [-0.4, -0.2) is 66.2 Å². The summed E-state index contributed by atoms with van der Waals surface area (Å²) in [5.74, 6) is 0.937. The average molecular weight is 332 g/mol. The number of β-amino-alcohol motifs (C(OH)–C–C–N with tert-alkyl or cyclic N) is 1. The Bertz CT molecular complexity index is 505. The lowest BCUT2D eigenvalue weighted by molar-refractivity contribution is 0.187. The molecule has 1 unspecified atom stereocenters. The fourth-order valence-electron chi connectivity index (χ4n) is 2.96. The summed E-state index contributed by atoms with van der Waals surface area (Å²) in [6, 6.07) is 11.0. The molecule has 2 atom stereocenters. The van der Waals surface area contributed by atoms with Crippen molar-refractivity contribution in [1.29, 1.82) is 0 Å². The van der Waals surface area contributed by atoms with E-state index >= 15 is 0 Å². The molecule has 24 heavy (non-hydrogen) atoms. The molecule has 0 radical (unpaired) electrons. The van der Waals surface area contributed by atoms with Crippen molar-refractivity contribution in [3.63, 3.8) is 0 Å². The number of hydrogen-bond donors (Lipinski definition) is 2. The minimum atomic E-state index is -0.218. The maximum atomic E-state index is 9.71. The van der Waals surface area contributed by atoms with Crippen LogP contribution in [0, 0.1) is 0 Å². The molecule has 5 nitrogen and oxygen atoms in total. The molecule has 0 aromatic heterocycles. The van der Waals surface area contributed by atoms with Crippen LogP contribution in [0.15, 0.2) is 35.3 Å². The number of aliphatic hydroxyl groups excluding tert-OH is 1. The molecule has 0 bridgehead atoms. The van der Waals surface area contributed by atoms with Crippen LogP contribution in [0.1, 0.15) is 32.3 Å². The van der Waals surface area contributed by atoms with Crippen LogP contribution in [-0.2, 0) is 6.54 Å². The average Bonchev–Trinajstić information content (AvgIpc) is 3.01. The summed E-state index contributed by atoms with van der Waals surface area (Å²) in [7, 11) is 2.17. The zero-order valence-corrected chi connectivity index (χ0v) is 15.3. The topological polar surface area (TPSA) is 51.1 Å². The summed E-state index contributed by atoms with van der Waals surface area (Å²) in [5, 5.41) is 13.1. The predicted molar refractivity (Wildman–Crippen MR) is 100 cm³/mol. The monoisotopic (exact) mass is 332 g/mol. The molecule has 0 aliphatic carbocycles. The summed E-state index contributed by atoms with van der Waals surface area (Å²) in [4.78, 5) is 9.28. The molecule has 0 spiro atoms. The summed E-state index contributed by atoms with van der Waals surface area (Å²) in [5.41, 5.74) is 1.34. The van der Waals surface area contributed by atoms with E-state index in [1.54, 1.807) is 0 Å². The van der Waals surface area contributed by atoms with Crippen LogP contribution >= 0.6 is 0 Å². The summed E-state index contributed by atoms with van der Waals surface area (Å²) >= 11 is 0. The zero-order valence-electron chi connectivity index (χ0n) is 15.3. The lowest BCUT2D eigenvalue weighted by Gasteiger charge is -2.25. The first-order chi connectivity index (χ1) is 11.6. The highest BCUT2D eigenvalue weighted by molar-refractivity contribution is 5.80. The van der Waals surface area contributed by atoms with Crippen LogP contribution < -0.4 is 5.32 Å². The van der Waals surface area contributed by atoms with Gasteiger partial charge in [-0.3, -0.25) is 9.89 Å². The maximum absolute atomic E-state index is 9.71. The molecule has 0 amide bonds. The van der Waals surface area contributed by atoms with Gasteiger partial charge in [-0.1, -0.05) is 30.3 Å². The Hall–Kier alpha value is -1.59. The number of guanidine groups is 1. The first-order valence-corrected chi connectivity index (χ1v) is 9.05. The third kappa shape index (κ3) is 5.80. The maximum Gasteiger partial charge on any atom is 0.194 e. The minimum Gasteiger partial charge on any atom is -0.391 e. The fourth-order valence-corrected chi connectivity index (χ4v) is 2.96. The van der Waals surface area contributed by atoms with Crippen molar-refractivity contribution in [3.05, 3.63) is 35.9 Å². The molecule has 2 N–H and O–H groups in total. The number of nitrogens with zero attached hydrogens (tertiary/aromatic N) is 3. The summed E-state index contributed by atoms with van der Waals surface area (Å²) in [6.07, 6.45) is 1.64. The molecule has 1 heterocycles. The molecule has 1 aromatic rings. The van der Waals surface area contributed by atoms with Crippen molar-refractivity contribution >= 4 is 5.96 Å². The molecule has 1 aromatic carbocycles. The second-order valence-electron chi connectivity index (χ2n) is 6.66. The van der Waals surface area contributed by atoms with E-state index in [4.69, 9.17) is 4.99 Å². The smallest absolute Gasteiger partial charge is 0.194 e. The van der Waals surface area contributed by atoms with Gasteiger partial charge in [-0.05, 0) is 39.3 Å². The minimum absolute atomic E-state index is 0.218. The molecular weight excluding hydrogens is 300 g/mol. The second-order valence-corrected chi connectivity index (χ2v) is 6.66. The normalized spacial score (nSPS) is 19.8. The van der Waals surface area contributed by atoms with E-state index < -0.39 is 0 Å². The summed E-state index contributed by atoms with van der Waals surface area (Å²) < 4.78 is 0. The number of aliphatic imine (C=N–C) groups is 1. The number of aliphatic hydroxyl groups is 1. The molecule has 1 fully saturated rings. The van der Waals surface area contributed by atoms with Crippen molar-refractivity contribution in [3.8, 4) is 0 Å². The van der Waals surface area contributed by atoms with Crippen molar-refractivity contribution in [1.82, 2.24) is 15.1 Å². The van der Waals surface area contributed by atoms with Gasteiger partial charge in [0.15, 0.2) is 5.96 Å². The lowest BCUT2D eigenvalue weighted by atomic mass is 10.1. The van der Waals surface area contributed by atoms with Crippen LogP contribution in [0.25, 0.3) is 0 Å². The third-order valence-electron chi connectivity index (χ3n) is 4.63. The van der Waals surface area contributed by atoms with E-state index in [0.717, 1.165) is 45.0 Å². The Balaban J connectivity index is 1.81. The van der Waals surface area contributed by atoms with Gasteiger partial charge in [-0.2, -0.15) is 0 Å². The third-order valence-corrected chi connectivity index (χ3v) is 4.63. The highest BCUT2D eigenvalue weighted by Crippen LogP contribution is 2.10. The first-order valence-electron chi connectivity index (χ1n) is 9.05. The predicted octanol–water partition coefficient (Wildman–Crippen LogP) is 1.93. The van der Waals surface area contributed by atoms with Gasteiger partial charge in [0.05, 0.1) is 6.10 Å². The van der Waals surface area contributed by atoms with Crippen molar-refractivity contribution < 1.29 is 5.11 Å². The van der Waals surface area contributed by atoms with Crippen LogP contribution in [0.2, 0.25) is 0 Å². The molecule has 5 heteroatoms. The van der Waals surface area contributed by atoms with Gasteiger partial charge >= 0.3 is 0 Å². The van der Waals surface area contributed by atoms with E-state index in [0.29, 0.717) is 12.6 Å². The molecule has 1 aliphatic rings. The van der Waals surface area contributed by atoms with Crippen LogP contribution in [0.4, 0.5) is 0 Å². The van der Waals surface area contributed by atoms with E-state index in [9.17, 15) is 5.11 Å². The highest BCUT2D eigenvalue weighted by Gasteiger charge is 2.22. The molecular formula is C19H32N4O. The number of hydrogen-bond acceptors (Lipinski definition) is 3. The van der Waals surface area contributed by atoms with E-state index in [1.807, 2.05) is 0 Å². The summed E-state index contributed by atoms with van der Waals surface area (Å²) in [6.45, 7) is 8.53. The van der Waals surface area contributed by atoms with Crippen molar-refractivity contribution in [2.75, 3.05) is 33.2 Å². The van der Waals surface area contributed by atoms with Crippen molar-refractivity contribution in [2.45, 2.75) is 45.4 Å². The van der Waals surface area contributed by atoms with Gasteiger partial charge in [0, 0.05) is 38.8 Å². The first kappa shape index (κ1) is 18.7. The van der Waals surface area contributed by atoms with E-state index in [2.05, 4.69) is 66.3 Å². The van der Waals surface area contributed by atoms with Crippen LogP contribution in [0.5, 0.6) is 0 Å². The zero-order chi connectivity index (χ0) is 17.4. The van der Waals surface area contributed by atoms with Gasteiger partial charge in [0.1, 0.15) is 0 Å². The fraction of sp³-hybridized carbons (Fsp3) is 0.632. The Morgan fingerprint density at radius 3 is 2.79 bits per heavy atom. The Labute approximate surface area is 146 Å². The molecule has 1 aliphatic heterocycles. The SMILES string of the molecule is CCNC(=NCCC(C)N(C)Cc1ccccc1)N1CC[C@@H](O)C1. The molecule has 0 saturated carbocycles. The van der Waals surface area contributed by atoms with Gasteiger partial charge in [0.2, 0.25) is 0 Å². The number of nitrogens with one attached hydrogen (secondary N) is 1. The highest BCUT2D eigenvalue weighted by atomic mass is 16.3. The van der Waals surface area contributed by atoms with E-state index in [1.165, 1.54) is 5.56 Å². The second kappa shape index (κ2) is 9.64. The Morgan fingerprint density at radius 1 is 1.42 bits per heavy atom. The Kier molecular flexibility index (Phi) is 7.53. The van der Waals surface area contributed by atoms with Gasteiger partial charge < -0.3 is 15.3 Å². The lowest BCUT2D eigenvalue weighted by Crippen LogP contribution is -2.40. The largest absolute Gasteiger partial charge is 0.391 e. The van der Waals surface area contributed by atoms with Gasteiger partial charge in [0.25, 0.3) is 0 Å². The van der Waals surface area contributed by atoms with E-state index in [-0.39, 0.29) is 6.10 Å². The van der Waals surface area contributed by atoms with Crippen molar-refractivity contribution in [2.24, 2.45) is 4.99 Å². The molecule has 2 rings (SSSR count).